The maximum absolute atomic E-state index is 11.5. The molecule has 1 atom stereocenters. The Kier molecular flexibility index (Phi) is 11.0. The summed E-state index contributed by atoms with van der Waals surface area (Å²) in [4.78, 5) is 7.14. The van der Waals surface area contributed by atoms with Gasteiger partial charge in [-0.1, -0.05) is 30.3 Å². The van der Waals surface area contributed by atoms with Gasteiger partial charge < -0.3 is 10.6 Å². The second kappa shape index (κ2) is 12.2. The summed E-state index contributed by atoms with van der Waals surface area (Å²) < 4.78 is 25.7. The molecule has 0 aliphatic carbocycles. The largest absolute Gasteiger partial charge is 0.357 e. The van der Waals surface area contributed by atoms with Crippen LogP contribution >= 0.6 is 24.0 Å². The summed E-state index contributed by atoms with van der Waals surface area (Å²) in [5.74, 6) is 0.741. The zero-order chi connectivity index (χ0) is 21.5. The van der Waals surface area contributed by atoms with Crippen LogP contribution in [0.25, 0.3) is 0 Å². The van der Waals surface area contributed by atoms with Gasteiger partial charge in [0.25, 0.3) is 0 Å². The molecule has 1 aliphatic rings. The Hall–Kier alpha value is -0.910. The number of likely N-dealkylation sites (tertiary alicyclic amines) is 1. The van der Waals surface area contributed by atoms with Gasteiger partial charge in [0.1, 0.15) is 0 Å². The van der Waals surface area contributed by atoms with E-state index in [1.807, 2.05) is 20.8 Å². The normalized spacial score (nSPS) is 17.8. The van der Waals surface area contributed by atoms with Crippen LogP contribution in [-0.2, 0) is 10.0 Å². The smallest absolute Gasteiger partial charge is 0.209 e. The monoisotopic (exact) mass is 551 g/mol. The number of guanidine groups is 1. The third kappa shape index (κ3) is 9.49. The number of nitrogens with zero attached hydrogens (tertiary/aromatic N) is 2. The van der Waals surface area contributed by atoms with Crippen molar-refractivity contribution in [1.29, 1.82) is 0 Å². The fourth-order valence-electron chi connectivity index (χ4n) is 3.70. The molecular weight excluding hydrogens is 513 g/mol. The number of benzene rings is 1. The van der Waals surface area contributed by atoms with Crippen molar-refractivity contribution < 1.29 is 8.42 Å². The van der Waals surface area contributed by atoms with E-state index in [1.165, 1.54) is 11.8 Å². The van der Waals surface area contributed by atoms with E-state index in [0.29, 0.717) is 18.6 Å². The molecule has 0 saturated carbocycles. The SMILES string of the molecule is CCNC(=NCC(C)(C)NS(C)(=O)=O)NC1CCN(C(C)c2ccccc2)CC1.I. The second-order valence-electron chi connectivity index (χ2n) is 8.49. The molecule has 1 fully saturated rings. The van der Waals surface area contributed by atoms with Gasteiger partial charge in [0.15, 0.2) is 5.96 Å². The number of hydrogen-bond acceptors (Lipinski definition) is 4. The van der Waals surface area contributed by atoms with Crippen molar-refractivity contribution in [3.05, 3.63) is 35.9 Å². The first-order chi connectivity index (χ1) is 13.6. The van der Waals surface area contributed by atoms with Gasteiger partial charge in [0, 0.05) is 37.3 Å². The Morgan fingerprint density at radius 3 is 2.37 bits per heavy atom. The predicted molar refractivity (Wildman–Crippen MR) is 136 cm³/mol. The van der Waals surface area contributed by atoms with E-state index in [1.54, 1.807) is 0 Å². The first-order valence-corrected chi connectivity index (χ1v) is 12.3. The molecule has 1 aromatic rings. The number of aliphatic imine (C=N–C) groups is 1. The Balaban J connectivity index is 0.00000450. The Morgan fingerprint density at radius 2 is 1.83 bits per heavy atom. The minimum absolute atomic E-state index is 0. The molecule has 3 N–H and O–H groups in total. The molecule has 30 heavy (non-hydrogen) atoms. The highest BCUT2D eigenvalue weighted by Crippen LogP contribution is 2.24. The van der Waals surface area contributed by atoms with E-state index < -0.39 is 15.6 Å². The first kappa shape index (κ1) is 27.1. The lowest BCUT2D eigenvalue weighted by molar-refractivity contribution is 0.158. The molecule has 172 valence electrons. The number of piperidine rings is 1. The predicted octanol–water partition coefficient (Wildman–Crippen LogP) is 2.71. The summed E-state index contributed by atoms with van der Waals surface area (Å²) in [6.07, 6.45) is 3.27. The van der Waals surface area contributed by atoms with Crippen LogP contribution in [0, 0.1) is 0 Å². The highest BCUT2D eigenvalue weighted by molar-refractivity contribution is 14.0. The fraction of sp³-hybridized carbons (Fsp3) is 0.667. The van der Waals surface area contributed by atoms with Gasteiger partial charge in [-0.05, 0) is 46.1 Å². The number of nitrogens with one attached hydrogen (secondary N) is 3. The molecule has 9 heteroatoms. The van der Waals surface area contributed by atoms with Crippen LogP contribution in [0.2, 0.25) is 0 Å². The number of halogens is 1. The topological polar surface area (TPSA) is 85.8 Å². The van der Waals surface area contributed by atoms with Crippen molar-refractivity contribution in [3.8, 4) is 0 Å². The molecule has 7 nitrogen and oxygen atoms in total. The minimum Gasteiger partial charge on any atom is -0.357 e. The third-order valence-corrected chi connectivity index (χ3v) is 6.06. The van der Waals surface area contributed by atoms with Gasteiger partial charge >= 0.3 is 0 Å². The van der Waals surface area contributed by atoms with Crippen molar-refractivity contribution in [1.82, 2.24) is 20.3 Å². The van der Waals surface area contributed by atoms with Crippen LogP contribution in [0.15, 0.2) is 35.3 Å². The molecule has 0 bridgehead atoms. The van der Waals surface area contributed by atoms with Crippen molar-refractivity contribution in [2.75, 3.05) is 32.4 Å². The van der Waals surface area contributed by atoms with Gasteiger partial charge in [-0.3, -0.25) is 9.89 Å². The quantitative estimate of drug-likeness (QED) is 0.263. The molecule has 0 amide bonds. The van der Waals surface area contributed by atoms with Gasteiger partial charge in [-0.15, -0.1) is 24.0 Å². The van der Waals surface area contributed by atoms with E-state index in [4.69, 9.17) is 0 Å². The molecular formula is C21H38IN5O2S. The number of sulfonamides is 1. The van der Waals surface area contributed by atoms with E-state index in [0.717, 1.165) is 38.4 Å². The van der Waals surface area contributed by atoms with E-state index in [9.17, 15) is 8.42 Å². The molecule has 0 spiro atoms. The van der Waals surface area contributed by atoms with Crippen LogP contribution in [0.1, 0.15) is 52.1 Å². The summed E-state index contributed by atoms with van der Waals surface area (Å²) in [6, 6.07) is 11.4. The van der Waals surface area contributed by atoms with E-state index in [2.05, 4.69) is 62.5 Å². The standard InChI is InChI=1S/C21H37N5O2S.HI/c1-6-22-20(23-16-21(3,4)25-29(5,27)28)24-19-12-14-26(15-13-19)17(2)18-10-8-7-9-11-18;/h7-11,17,19,25H,6,12-16H2,1-5H3,(H2,22,23,24);1H. The van der Waals surface area contributed by atoms with Gasteiger partial charge in [-0.25, -0.2) is 13.1 Å². The Morgan fingerprint density at radius 1 is 1.23 bits per heavy atom. The average molecular weight is 552 g/mol. The van der Waals surface area contributed by atoms with Crippen LogP contribution in [-0.4, -0.2) is 63.3 Å². The summed E-state index contributed by atoms with van der Waals surface area (Å²) in [7, 11) is -3.27. The van der Waals surface area contributed by atoms with Crippen LogP contribution in [0.5, 0.6) is 0 Å². The molecule has 1 aromatic carbocycles. The second-order valence-corrected chi connectivity index (χ2v) is 10.2. The molecule has 1 heterocycles. The van der Waals surface area contributed by atoms with Crippen molar-refractivity contribution in [3.63, 3.8) is 0 Å². The van der Waals surface area contributed by atoms with Crippen LogP contribution < -0.4 is 15.4 Å². The average Bonchev–Trinajstić information content (AvgIpc) is 2.65. The fourth-order valence-corrected chi connectivity index (χ4v) is 4.77. The maximum atomic E-state index is 11.5. The maximum Gasteiger partial charge on any atom is 0.209 e. The molecule has 1 aliphatic heterocycles. The Labute approximate surface area is 199 Å². The molecule has 0 radical (unpaired) electrons. The van der Waals surface area contributed by atoms with E-state index in [-0.39, 0.29) is 24.0 Å². The summed E-state index contributed by atoms with van der Waals surface area (Å²) >= 11 is 0. The zero-order valence-corrected chi connectivity index (χ0v) is 22.0. The number of rotatable bonds is 8. The minimum atomic E-state index is -3.27. The lowest BCUT2D eigenvalue weighted by Gasteiger charge is -2.37. The third-order valence-electron chi connectivity index (χ3n) is 5.14. The highest BCUT2D eigenvalue weighted by atomic mass is 127. The summed E-state index contributed by atoms with van der Waals surface area (Å²) in [5.41, 5.74) is 0.721. The van der Waals surface area contributed by atoms with Crippen molar-refractivity contribution in [2.24, 2.45) is 4.99 Å². The zero-order valence-electron chi connectivity index (χ0n) is 18.8. The van der Waals surface area contributed by atoms with Crippen LogP contribution in [0.4, 0.5) is 0 Å². The van der Waals surface area contributed by atoms with E-state index >= 15 is 0 Å². The molecule has 2 rings (SSSR count). The highest BCUT2D eigenvalue weighted by Gasteiger charge is 2.25. The van der Waals surface area contributed by atoms with Gasteiger partial charge in [0.2, 0.25) is 10.0 Å². The number of hydrogen-bond donors (Lipinski definition) is 3. The van der Waals surface area contributed by atoms with Gasteiger partial charge in [-0.2, -0.15) is 0 Å². The lowest BCUT2D eigenvalue weighted by Crippen LogP contribution is -2.50. The molecule has 1 unspecified atom stereocenters. The molecule has 0 aromatic heterocycles. The van der Waals surface area contributed by atoms with Crippen molar-refractivity contribution in [2.45, 2.75) is 58.2 Å². The van der Waals surface area contributed by atoms with Crippen LogP contribution in [0.3, 0.4) is 0 Å². The lowest BCUT2D eigenvalue weighted by atomic mass is 10.0. The van der Waals surface area contributed by atoms with Gasteiger partial charge in [0.05, 0.1) is 12.8 Å². The van der Waals surface area contributed by atoms with Crippen molar-refractivity contribution >= 4 is 40.0 Å². The summed E-state index contributed by atoms with van der Waals surface area (Å²) in [5, 5.41) is 6.80. The Bertz CT molecular complexity index is 763. The molecule has 1 saturated heterocycles. The summed E-state index contributed by atoms with van der Waals surface area (Å²) in [6.45, 7) is 11.2. The first-order valence-electron chi connectivity index (χ1n) is 10.4.